The van der Waals surface area contributed by atoms with Crippen molar-refractivity contribution < 1.29 is 4.42 Å². The van der Waals surface area contributed by atoms with E-state index in [2.05, 4.69) is 217 Å². The molecule has 1 heterocycles. The van der Waals surface area contributed by atoms with Gasteiger partial charge in [-0.1, -0.05) is 140 Å². The van der Waals surface area contributed by atoms with Gasteiger partial charge in [-0.25, -0.2) is 0 Å². The third-order valence-electron chi connectivity index (χ3n) is 10.4. The molecule has 0 amide bonds. The van der Waals surface area contributed by atoms with Gasteiger partial charge in [-0.3, -0.25) is 0 Å². The molecule has 0 saturated heterocycles. The van der Waals surface area contributed by atoms with Crippen LogP contribution in [0.15, 0.2) is 217 Å². The van der Waals surface area contributed by atoms with E-state index in [-0.39, 0.29) is 0 Å². The van der Waals surface area contributed by atoms with Crippen molar-refractivity contribution in [1.82, 2.24) is 0 Å². The van der Waals surface area contributed by atoms with Gasteiger partial charge in [0.25, 0.3) is 0 Å². The Morgan fingerprint density at radius 2 is 0.815 bits per heavy atom. The molecule has 254 valence electrons. The minimum Gasteiger partial charge on any atom is -0.456 e. The van der Waals surface area contributed by atoms with E-state index >= 15 is 0 Å². The highest BCUT2D eigenvalue weighted by Crippen LogP contribution is 2.44. The number of furan rings is 1. The zero-order valence-electron chi connectivity index (χ0n) is 29.6. The maximum Gasteiger partial charge on any atom is 0.136 e. The molecule has 0 saturated carbocycles. The Hall–Kier alpha value is -7.16. The molecular formula is C52H35NO. The van der Waals surface area contributed by atoms with Gasteiger partial charge in [0.05, 0.1) is 0 Å². The highest BCUT2D eigenvalue weighted by molar-refractivity contribution is 6.15. The van der Waals surface area contributed by atoms with Crippen molar-refractivity contribution in [3.8, 4) is 44.5 Å². The SMILES string of the molecule is c1ccc(-c2cccc(-c3cc4ccccc4cc3-c3cccc4oc5cc(-c6ccc(N(c7ccccc7)c7ccccc7)cc6)ccc5c34)c2)cc1. The number of hydrogen-bond donors (Lipinski definition) is 0. The van der Waals surface area contributed by atoms with Crippen LogP contribution in [0.25, 0.3) is 77.2 Å². The lowest BCUT2D eigenvalue weighted by Crippen LogP contribution is -2.09. The Bertz CT molecular complexity index is 2870. The summed E-state index contributed by atoms with van der Waals surface area (Å²) in [4.78, 5) is 2.28. The van der Waals surface area contributed by atoms with E-state index < -0.39 is 0 Å². The van der Waals surface area contributed by atoms with Crippen molar-refractivity contribution in [3.05, 3.63) is 212 Å². The Kier molecular flexibility index (Phi) is 7.85. The molecule has 0 N–H and O–H groups in total. The van der Waals surface area contributed by atoms with Gasteiger partial charge in [-0.05, 0) is 128 Å². The first kappa shape index (κ1) is 31.6. The normalized spacial score (nSPS) is 11.3. The summed E-state index contributed by atoms with van der Waals surface area (Å²) >= 11 is 0. The Balaban J connectivity index is 1.07. The van der Waals surface area contributed by atoms with E-state index in [1.807, 2.05) is 0 Å². The minimum atomic E-state index is 0.877. The number of benzene rings is 9. The largest absolute Gasteiger partial charge is 0.456 e. The van der Waals surface area contributed by atoms with Gasteiger partial charge < -0.3 is 9.32 Å². The predicted molar refractivity (Wildman–Crippen MR) is 228 cm³/mol. The molecule has 0 radical (unpaired) electrons. The van der Waals surface area contributed by atoms with Gasteiger partial charge in [0, 0.05) is 27.8 Å². The highest BCUT2D eigenvalue weighted by atomic mass is 16.3. The van der Waals surface area contributed by atoms with Crippen LogP contribution in [-0.2, 0) is 0 Å². The van der Waals surface area contributed by atoms with Gasteiger partial charge in [-0.2, -0.15) is 0 Å². The van der Waals surface area contributed by atoms with E-state index in [0.29, 0.717) is 0 Å². The molecule has 9 aromatic carbocycles. The molecule has 0 unspecified atom stereocenters. The third kappa shape index (κ3) is 5.71. The minimum absolute atomic E-state index is 0.877. The molecule has 0 fully saturated rings. The number of para-hydroxylation sites is 2. The topological polar surface area (TPSA) is 16.4 Å². The van der Waals surface area contributed by atoms with E-state index in [1.165, 1.54) is 38.6 Å². The van der Waals surface area contributed by atoms with Crippen LogP contribution in [0.1, 0.15) is 0 Å². The van der Waals surface area contributed by atoms with Crippen molar-refractivity contribution >= 4 is 49.8 Å². The standard InChI is InChI=1S/C52H35NO/c1-4-14-36(15-5-1)38-18-12-19-42(32-38)48-33-39-16-10-11-17-40(39)34-49(48)46-24-13-25-50-52(46)47-31-28-41(35-51(47)54-50)37-26-29-45(30-27-37)53(43-20-6-2-7-21-43)44-22-8-3-9-23-44/h1-35H. The van der Waals surface area contributed by atoms with Crippen LogP contribution in [0, 0.1) is 0 Å². The summed E-state index contributed by atoms with van der Waals surface area (Å²) in [6, 6.07) is 75.7. The summed E-state index contributed by atoms with van der Waals surface area (Å²) in [5.74, 6) is 0. The monoisotopic (exact) mass is 689 g/mol. The van der Waals surface area contributed by atoms with Crippen molar-refractivity contribution in [3.63, 3.8) is 0 Å². The molecule has 0 aliphatic carbocycles. The van der Waals surface area contributed by atoms with Crippen molar-refractivity contribution in [2.45, 2.75) is 0 Å². The molecular weight excluding hydrogens is 655 g/mol. The van der Waals surface area contributed by atoms with E-state index in [0.717, 1.165) is 55.7 Å². The average molecular weight is 690 g/mol. The Morgan fingerprint density at radius 1 is 0.296 bits per heavy atom. The fourth-order valence-electron chi connectivity index (χ4n) is 7.83. The zero-order valence-corrected chi connectivity index (χ0v) is 29.6. The number of nitrogens with zero attached hydrogens (tertiary/aromatic N) is 1. The molecule has 1 aromatic heterocycles. The zero-order chi connectivity index (χ0) is 35.8. The fourth-order valence-corrected chi connectivity index (χ4v) is 7.83. The molecule has 10 aromatic rings. The Morgan fingerprint density at radius 3 is 1.52 bits per heavy atom. The second-order valence-electron chi connectivity index (χ2n) is 13.7. The van der Waals surface area contributed by atoms with Crippen LogP contribution in [-0.4, -0.2) is 0 Å². The van der Waals surface area contributed by atoms with Crippen LogP contribution in [0.2, 0.25) is 0 Å². The number of hydrogen-bond acceptors (Lipinski definition) is 2. The van der Waals surface area contributed by atoms with Gasteiger partial charge >= 0.3 is 0 Å². The molecule has 54 heavy (non-hydrogen) atoms. The van der Waals surface area contributed by atoms with Crippen molar-refractivity contribution in [1.29, 1.82) is 0 Å². The lowest BCUT2D eigenvalue weighted by Gasteiger charge is -2.25. The van der Waals surface area contributed by atoms with E-state index in [9.17, 15) is 0 Å². The quantitative estimate of drug-likeness (QED) is 0.166. The fraction of sp³-hybridized carbons (Fsp3) is 0. The molecule has 2 nitrogen and oxygen atoms in total. The van der Waals surface area contributed by atoms with Crippen LogP contribution in [0.3, 0.4) is 0 Å². The maximum atomic E-state index is 6.66. The first-order chi connectivity index (χ1) is 26.8. The van der Waals surface area contributed by atoms with E-state index in [4.69, 9.17) is 4.42 Å². The van der Waals surface area contributed by atoms with Crippen LogP contribution in [0.5, 0.6) is 0 Å². The molecule has 10 rings (SSSR count). The molecule has 0 aliphatic rings. The lowest BCUT2D eigenvalue weighted by molar-refractivity contribution is 0.669. The Labute approximate surface area is 314 Å². The first-order valence-corrected chi connectivity index (χ1v) is 18.4. The lowest BCUT2D eigenvalue weighted by atomic mass is 9.88. The smallest absolute Gasteiger partial charge is 0.136 e. The predicted octanol–water partition coefficient (Wildman–Crippen LogP) is 14.9. The molecule has 0 bridgehead atoms. The average Bonchev–Trinajstić information content (AvgIpc) is 3.63. The summed E-state index contributed by atoms with van der Waals surface area (Å²) in [6.45, 7) is 0. The van der Waals surface area contributed by atoms with Crippen LogP contribution >= 0.6 is 0 Å². The van der Waals surface area contributed by atoms with Crippen molar-refractivity contribution in [2.75, 3.05) is 4.90 Å². The highest BCUT2D eigenvalue weighted by Gasteiger charge is 2.18. The number of rotatable bonds is 7. The van der Waals surface area contributed by atoms with Gasteiger partial charge in [0.15, 0.2) is 0 Å². The summed E-state index contributed by atoms with van der Waals surface area (Å²) in [6.07, 6.45) is 0. The van der Waals surface area contributed by atoms with Gasteiger partial charge in [0.2, 0.25) is 0 Å². The molecule has 0 spiro atoms. The summed E-state index contributed by atoms with van der Waals surface area (Å²) in [7, 11) is 0. The molecule has 2 heteroatoms. The van der Waals surface area contributed by atoms with Gasteiger partial charge in [0.1, 0.15) is 11.2 Å². The second-order valence-corrected chi connectivity index (χ2v) is 13.7. The third-order valence-corrected chi connectivity index (χ3v) is 10.4. The summed E-state index contributed by atoms with van der Waals surface area (Å²) in [5.41, 5.74) is 14.5. The van der Waals surface area contributed by atoms with Gasteiger partial charge in [-0.15, -0.1) is 0 Å². The maximum absolute atomic E-state index is 6.66. The van der Waals surface area contributed by atoms with Crippen LogP contribution < -0.4 is 4.90 Å². The molecule has 0 atom stereocenters. The molecule has 0 aliphatic heterocycles. The summed E-state index contributed by atoms with van der Waals surface area (Å²) < 4.78 is 6.66. The summed E-state index contributed by atoms with van der Waals surface area (Å²) in [5, 5.41) is 4.67. The van der Waals surface area contributed by atoms with Crippen molar-refractivity contribution in [2.24, 2.45) is 0 Å². The van der Waals surface area contributed by atoms with Crippen LogP contribution in [0.4, 0.5) is 17.1 Å². The second kappa shape index (κ2) is 13.4. The number of anilines is 3. The van der Waals surface area contributed by atoms with E-state index in [1.54, 1.807) is 0 Å². The first-order valence-electron chi connectivity index (χ1n) is 18.4. The number of fused-ring (bicyclic) bond motifs is 4.